The van der Waals surface area contributed by atoms with E-state index in [4.69, 9.17) is 4.74 Å². The number of fused-ring (bicyclic) bond motifs is 2. The Labute approximate surface area is 173 Å². The largest absolute Gasteiger partial charge is 0.491 e. The van der Waals surface area contributed by atoms with Crippen molar-refractivity contribution in [3.8, 4) is 5.75 Å². The van der Waals surface area contributed by atoms with Crippen LogP contribution in [0.5, 0.6) is 5.75 Å². The highest BCUT2D eigenvalue weighted by molar-refractivity contribution is 5.82. The van der Waals surface area contributed by atoms with Gasteiger partial charge in [0.2, 0.25) is 0 Å². The minimum atomic E-state index is -1.23. The fourth-order valence-corrected chi connectivity index (χ4v) is 4.17. The van der Waals surface area contributed by atoms with Crippen molar-refractivity contribution < 1.29 is 9.84 Å². The summed E-state index contributed by atoms with van der Waals surface area (Å²) >= 11 is 0. The Bertz CT molecular complexity index is 987. The normalized spacial score (nSPS) is 17.8. The summed E-state index contributed by atoms with van der Waals surface area (Å²) in [6.45, 7) is 1.61. The van der Waals surface area contributed by atoms with Crippen molar-refractivity contribution in [2.75, 3.05) is 39.2 Å². The zero-order valence-electron chi connectivity index (χ0n) is 17.3. The summed E-state index contributed by atoms with van der Waals surface area (Å²) in [4.78, 5) is 4.28. The molecule has 4 heteroatoms. The Hall–Kier alpha value is -2.82. The van der Waals surface area contributed by atoms with Crippen molar-refractivity contribution >= 4 is 11.4 Å². The summed E-state index contributed by atoms with van der Waals surface area (Å²) < 4.78 is 6.19. The molecule has 0 saturated carbocycles. The van der Waals surface area contributed by atoms with E-state index < -0.39 is 5.60 Å². The van der Waals surface area contributed by atoms with Gasteiger partial charge in [0.05, 0.1) is 12.3 Å². The zero-order valence-corrected chi connectivity index (χ0v) is 17.3. The first-order valence-corrected chi connectivity index (χ1v) is 10.1. The minimum Gasteiger partial charge on any atom is -0.491 e. The van der Waals surface area contributed by atoms with Gasteiger partial charge in [-0.2, -0.15) is 0 Å². The molecule has 3 aromatic carbocycles. The molecule has 0 saturated heterocycles. The molecule has 4 nitrogen and oxygen atoms in total. The topological polar surface area (TPSA) is 35.9 Å². The molecule has 1 aliphatic heterocycles. The molecule has 0 aliphatic carbocycles. The van der Waals surface area contributed by atoms with Gasteiger partial charge in [0.1, 0.15) is 11.4 Å². The van der Waals surface area contributed by atoms with Gasteiger partial charge < -0.3 is 19.6 Å². The summed E-state index contributed by atoms with van der Waals surface area (Å²) in [5.41, 5.74) is 3.24. The third kappa shape index (κ3) is 3.39. The maximum absolute atomic E-state index is 12.1. The maximum atomic E-state index is 12.1. The lowest BCUT2D eigenvalue weighted by Gasteiger charge is -2.42. The number of hydrogen-bond acceptors (Lipinski definition) is 4. The smallest absolute Gasteiger partial charge is 0.144 e. The predicted octanol–water partition coefficient (Wildman–Crippen LogP) is 4.38. The highest BCUT2D eigenvalue weighted by Gasteiger charge is 2.43. The Morgan fingerprint density at radius 2 is 1.59 bits per heavy atom. The van der Waals surface area contributed by atoms with Crippen molar-refractivity contribution in [1.82, 2.24) is 4.90 Å². The maximum Gasteiger partial charge on any atom is 0.144 e. The highest BCUT2D eigenvalue weighted by atomic mass is 16.5. The molecular formula is C25H28N2O2. The van der Waals surface area contributed by atoms with Gasteiger partial charge in [-0.3, -0.25) is 0 Å². The molecule has 0 radical (unpaired) electrons. The molecule has 0 amide bonds. The molecule has 4 rings (SSSR count). The molecule has 3 aromatic rings. The van der Waals surface area contributed by atoms with E-state index in [0.717, 1.165) is 46.8 Å². The predicted molar refractivity (Wildman–Crippen MR) is 118 cm³/mol. The van der Waals surface area contributed by atoms with E-state index in [-0.39, 0.29) is 0 Å². The third-order valence-electron chi connectivity index (χ3n) is 5.58. The Morgan fingerprint density at radius 3 is 2.34 bits per heavy atom. The van der Waals surface area contributed by atoms with Crippen LogP contribution in [0.4, 0.5) is 11.4 Å². The number of nitrogens with zero attached hydrogens (tertiary/aromatic N) is 2. The number of ether oxygens (including phenoxy) is 1. The van der Waals surface area contributed by atoms with Gasteiger partial charge >= 0.3 is 0 Å². The average Bonchev–Trinajstić information content (AvgIpc) is 2.75. The lowest BCUT2D eigenvalue weighted by atomic mass is 9.76. The monoisotopic (exact) mass is 388 g/mol. The number of para-hydroxylation sites is 2. The second-order valence-electron chi connectivity index (χ2n) is 7.81. The van der Waals surface area contributed by atoms with E-state index >= 15 is 0 Å². The second kappa shape index (κ2) is 7.90. The summed E-state index contributed by atoms with van der Waals surface area (Å²) in [6, 6.07) is 23.9. The third-order valence-corrected chi connectivity index (χ3v) is 5.58. The van der Waals surface area contributed by atoms with Gasteiger partial charge in [0, 0.05) is 30.4 Å². The van der Waals surface area contributed by atoms with Crippen molar-refractivity contribution in [1.29, 1.82) is 0 Å². The summed E-state index contributed by atoms with van der Waals surface area (Å²) in [5, 5.41) is 12.1. The first kappa shape index (κ1) is 19.5. The molecule has 29 heavy (non-hydrogen) atoms. The molecule has 0 fully saturated rings. The average molecular weight is 389 g/mol. The van der Waals surface area contributed by atoms with Crippen LogP contribution in [-0.2, 0) is 5.60 Å². The van der Waals surface area contributed by atoms with Crippen LogP contribution < -0.4 is 9.64 Å². The number of aliphatic hydroxyl groups is 1. The lowest BCUT2D eigenvalue weighted by Crippen LogP contribution is -2.36. The van der Waals surface area contributed by atoms with Crippen LogP contribution in [0.15, 0.2) is 72.8 Å². The molecular weight excluding hydrogens is 360 g/mol. The molecule has 1 heterocycles. The SMILES string of the molecule is CN(C)CCCOc1cccc2c1N(C)c1ccccc1C2(O)c1ccccc1. The van der Waals surface area contributed by atoms with Gasteiger partial charge in [0.25, 0.3) is 0 Å². The van der Waals surface area contributed by atoms with Crippen molar-refractivity contribution in [3.05, 3.63) is 89.5 Å². The molecule has 1 atom stereocenters. The van der Waals surface area contributed by atoms with Crippen LogP contribution in [0.25, 0.3) is 0 Å². The van der Waals surface area contributed by atoms with Crippen molar-refractivity contribution in [3.63, 3.8) is 0 Å². The van der Waals surface area contributed by atoms with E-state index in [1.165, 1.54) is 0 Å². The number of anilines is 2. The number of hydrogen-bond donors (Lipinski definition) is 1. The Morgan fingerprint density at radius 1 is 0.897 bits per heavy atom. The molecule has 1 N–H and O–H groups in total. The lowest BCUT2D eigenvalue weighted by molar-refractivity contribution is 0.124. The first-order chi connectivity index (χ1) is 14.0. The van der Waals surface area contributed by atoms with E-state index in [2.05, 4.69) is 30.0 Å². The van der Waals surface area contributed by atoms with E-state index in [9.17, 15) is 5.11 Å². The quantitative estimate of drug-likeness (QED) is 0.636. The minimum absolute atomic E-state index is 0.633. The van der Waals surface area contributed by atoms with Crippen LogP contribution in [0.1, 0.15) is 23.1 Å². The molecule has 0 aromatic heterocycles. The second-order valence-corrected chi connectivity index (χ2v) is 7.81. The molecule has 0 bridgehead atoms. The zero-order chi connectivity index (χ0) is 20.4. The van der Waals surface area contributed by atoms with E-state index in [1.54, 1.807) is 0 Å². The van der Waals surface area contributed by atoms with Crippen LogP contribution in [0.3, 0.4) is 0 Å². The fourth-order valence-electron chi connectivity index (χ4n) is 4.17. The van der Waals surface area contributed by atoms with Gasteiger partial charge in [-0.25, -0.2) is 0 Å². The Balaban J connectivity index is 1.83. The number of benzene rings is 3. The molecule has 1 aliphatic rings. The van der Waals surface area contributed by atoms with E-state index in [0.29, 0.717) is 6.61 Å². The Kier molecular flexibility index (Phi) is 5.31. The summed E-state index contributed by atoms with van der Waals surface area (Å²) in [7, 11) is 6.17. The molecule has 0 spiro atoms. The van der Waals surface area contributed by atoms with Crippen LogP contribution in [0.2, 0.25) is 0 Å². The fraction of sp³-hybridized carbons (Fsp3) is 0.280. The van der Waals surface area contributed by atoms with Gasteiger partial charge in [-0.1, -0.05) is 60.7 Å². The van der Waals surface area contributed by atoms with Crippen LogP contribution in [0, 0.1) is 0 Å². The molecule has 1 unspecified atom stereocenters. The standard InChI is InChI=1S/C25H28N2O2/c1-26(2)17-10-18-29-23-16-9-14-21-24(23)27(3)22-15-8-7-13-20(22)25(21,28)19-11-5-4-6-12-19/h4-9,11-16,28H,10,17-18H2,1-3H3. The molecule has 150 valence electrons. The summed E-state index contributed by atoms with van der Waals surface area (Å²) in [5.74, 6) is 0.799. The summed E-state index contributed by atoms with van der Waals surface area (Å²) in [6.07, 6.45) is 0.944. The van der Waals surface area contributed by atoms with Crippen molar-refractivity contribution in [2.45, 2.75) is 12.0 Å². The van der Waals surface area contributed by atoms with Gasteiger partial charge in [-0.05, 0) is 38.2 Å². The highest BCUT2D eigenvalue weighted by Crippen LogP contribution is 2.53. The van der Waals surface area contributed by atoms with Crippen molar-refractivity contribution in [2.24, 2.45) is 0 Å². The van der Waals surface area contributed by atoms with Crippen LogP contribution in [-0.4, -0.2) is 44.3 Å². The van der Waals surface area contributed by atoms with Gasteiger partial charge in [-0.15, -0.1) is 0 Å². The van der Waals surface area contributed by atoms with Gasteiger partial charge in [0.15, 0.2) is 0 Å². The first-order valence-electron chi connectivity index (χ1n) is 10.1. The van der Waals surface area contributed by atoms with Crippen LogP contribution >= 0.6 is 0 Å². The number of rotatable bonds is 6. The van der Waals surface area contributed by atoms with E-state index in [1.807, 2.05) is 73.8 Å².